The first-order chi connectivity index (χ1) is 8.40. The highest BCUT2D eigenvalue weighted by Crippen LogP contribution is 2.26. The molecule has 0 saturated carbocycles. The normalized spacial score (nSPS) is 14.1. The highest BCUT2D eigenvalue weighted by atomic mass is 16.5. The van der Waals surface area contributed by atoms with Gasteiger partial charge in [-0.1, -0.05) is 6.07 Å². The molecule has 1 aromatic carbocycles. The fraction of sp³-hybridized carbons (Fsp3) is 0.462. The van der Waals surface area contributed by atoms with Crippen molar-refractivity contribution < 1.29 is 19.7 Å². The molecule has 0 amide bonds. The first-order valence-electron chi connectivity index (χ1n) is 5.78. The number of aliphatic hydroxyl groups excluding tert-OH is 2. The van der Waals surface area contributed by atoms with E-state index in [0.29, 0.717) is 11.3 Å². The van der Waals surface area contributed by atoms with E-state index in [1.54, 1.807) is 26.0 Å². The summed E-state index contributed by atoms with van der Waals surface area (Å²) in [7, 11) is 0. The van der Waals surface area contributed by atoms with Crippen molar-refractivity contribution in [1.82, 2.24) is 0 Å². The van der Waals surface area contributed by atoms with E-state index in [-0.39, 0.29) is 6.61 Å². The summed E-state index contributed by atoms with van der Waals surface area (Å²) in [5.74, 6) is -0.834. The zero-order valence-corrected chi connectivity index (χ0v) is 10.8. The Kier molecular flexibility index (Phi) is 4.69. The van der Waals surface area contributed by atoms with Gasteiger partial charge in [0, 0.05) is 5.69 Å². The number of rotatable bonds is 4. The Bertz CT molecular complexity index is 445. The van der Waals surface area contributed by atoms with E-state index in [1.165, 1.54) is 0 Å². The van der Waals surface area contributed by atoms with E-state index in [9.17, 15) is 15.0 Å². The molecular weight excluding hydrogens is 234 g/mol. The zero-order valence-electron chi connectivity index (χ0n) is 10.8. The molecule has 0 heterocycles. The smallest absolute Gasteiger partial charge is 0.338 e. The molecule has 0 aliphatic carbocycles. The molecule has 0 bridgehead atoms. The van der Waals surface area contributed by atoms with E-state index in [4.69, 9.17) is 5.73 Å². The van der Waals surface area contributed by atoms with Gasteiger partial charge >= 0.3 is 5.97 Å². The second-order valence-corrected chi connectivity index (χ2v) is 4.14. The van der Waals surface area contributed by atoms with Crippen LogP contribution >= 0.6 is 0 Å². The lowest BCUT2D eigenvalue weighted by Crippen LogP contribution is -2.30. The molecule has 0 aromatic heterocycles. The van der Waals surface area contributed by atoms with Crippen LogP contribution in [0.5, 0.6) is 0 Å². The molecule has 0 fully saturated rings. The zero-order chi connectivity index (χ0) is 13.9. The summed E-state index contributed by atoms with van der Waals surface area (Å²) in [6.07, 6.45) is -2.91. The van der Waals surface area contributed by atoms with Crippen LogP contribution < -0.4 is 5.73 Å². The number of ether oxygens (including phenoxy) is 1. The maximum Gasteiger partial charge on any atom is 0.338 e. The average Bonchev–Trinajstić information content (AvgIpc) is 2.35. The largest absolute Gasteiger partial charge is 0.464 e. The van der Waals surface area contributed by atoms with Crippen LogP contribution in [-0.4, -0.2) is 28.9 Å². The van der Waals surface area contributed by atoms with Gasteiger partial charge in [0.15, 0.2) is 6.10 Å². The van der Waals surface area contributed by atoms with E-state index < -0.39 is 18.2 Å². The van der Waals surface area contributed by atoms with Crippen molar-refractivity contribution in [3.8, 4) is 0 Å². The van der Waals surface area contributed by atoms with Gasteiger partial charge in [0.1, 0.15) is 6.10 Å². The summed E-state index contributed by atoms with van der Waals surface area (Å²) in [5, 5.41) is 19.7. The first-order valence-corrected chi connectivity index (χ1v) is 5.78. The van der Waals surface area contributed by atoms with Crippen molar-refractivity contribution in [2.45, 2.75) is 33.0 Å². The summed E-state index contributed by atoms with van der Waals surface area (Å²) in [6, 6.07) is 3.24. The SMILES string of the molecule is CCOC(=O)C(O)C(O)c1ccc(N)c(C)c1C. The van der Waals surface area contributed by atoms with Crippen LogP contribution in [0.4, 0.5) is 5.69 Å². The second kappa shape index (κ2) is 5.84. The van der Waals surface area contributed by atoms with E-state index in [0.717, 1.165) is 11.1 Å². The molecule has 100 valence electrons. The van der Waals surface area contributed by atoms with Gasteiger partial charge in [-0.15, -0.1) is 0 Å². The molecule has 18 heavy (non-hydrogen) atoms. The van der Waals surface area contributed by atoms with Gasteiger partial charge in [0.05, 0.1) is 6.61 Å². The van der Waals surface area contributed by atoms with Crippen molar-refractivity contribution in [2.75, 3.05) is 12.3 Å². The summed E-state index contributed by atoms with van der Waals surface area (Å²) in [5.41, 5.74) is 8.39. The number of carbonyl (C=O) groups is 1. The highest BCUT2D eigenvalue weighted by molar-refractivity contribution is 5.75. The van der Waals surface area contributed by atoms with E-state index >= 15 is 0 Å². The Morgan fingerprint density at radius 2 is 1.94 bits per heavy atom. The quantitative estimate of drug-likeness (QED) is 0.546. The lowest BCUT2D eigenvalue weighted by Gasteiger charge is -2.20. The molecule has 4 N–H and O–H groups in total. The molecule has 1 rings (SSSR count). The monoisotopic (exact) mass is 253 g/mol. The van der Waals surface area contributed by atoms with Crippen molar-refractivity contribution >= 4 is 11.7 Å². The third-order valence-electron chi connectivity index (χ3n) is 3.02. The van der Waals surface area contributed by atoms with E-state index in [2.05, 4.69) is 4.74 Å². The van der Waals surface area contributed by atoms with Crippen LogP contribution in [0.25, 0.3) is 0 Å². The Morgan fingerprint density at radius 3 is 2.50 bits per heavy atom. The topological polar surface area (TPSA) is 92.8 Å². The van der Waals surface area contributed by atoms with Crippen molar-refractivity contribution in [2.24, 2.45) is 0 Å². The summed E-state index contributed by atoms with van der Waals surface area (Å²) >= 11 is 0. The van der Waals surface area contributed by atoms with Gasteiger partial charge in [0.2, 0.25) is 0 Å². The molecule has 0 aliphatic rings. The number of hydrogen-bond donors (Lipinski definition) is 3. The number of aliphatic hydroxyl groups is 2. The molecule has 0 radical (unpaired) electrons. The van der Waals surface area contributed by atoms with Gasteiger partial charge in [-0.3, -0.25) is 0 Å². The Balaban J connectivity index is 3.00. The minimum atomic E-state index is -1.59. The van der Waals surface area contributed by atoms with Crippen LogP contribution in [0.1, 0.15) is 29.7 Å². The molecule has 0 spiro atoms. The van der Waals surface area contributed by atoms with Gasteiger partial charge in [0.25, 0.3) is 0 Å². The van der Waals surface area contributed by atoms with Gasteiger partial charge in [-0.25, -0.2) is 4.79 Å². The fourth-order valence-electron chi connectivity index (χ4n) is 1.71. The lowest BCUT2D eigenvalue weighted by molar-refractivity contribution is -0.159. The minimum Gasteiger partial charge on any atom is -0.464 e. The predicted molar refractivity (Wildman–Crippen MR) is 67.9 cm³/mol. The number of hydrogen-bond acceptors (Lipinski definition) is 5. The lowest BCUT2D eigenvalue weighted by atomic mass is 9.95. The standard InChI is InChI=1S/C13H19NO4/c1-4-18-13(17)12(16)11(15)9-5-6-10(14)8(3)7(9)2/h5-6,11-12,15-16H,4,14H2,1-3H3. The number of esters is 1. The molecule has 0 saturated heterocycles. The molecule has 5 nitrogen and oxygen atoms in total. The van der Waals surface area contributed by atoms with Gasteiger partial charge in [-0.2, -0.15) is 0 Å². The van der Waals surface area contributed by atoms with Crippen LogP contribution in [0, 0.1) is 13.8 Å². The van der Waals surface area contributed by atoms with Crippen molar-refractivity contribution in [3.63, 3.8) is 0 Å². The first kappa shape index (κ1) is 14.5. The Morgan fingerprint density at radius 1 is 1.33 bits per heavy atom. The van der Waals surface area contributed by atoms with Crippen LogP contribution in [0.15, 0.2) is 12.1 Å². The molecule has 2 atom stereocenters. The Hall–Kier alpha value is -1.59. The van der Waals surface area contributed by atoms with Crippen molar-refractivity contribution in [3.05, 3.63) is 28.8 Å². The third-order valence-corrected chi connectivity index (χ3v) is 3.02. The Labute approximate surface area is 106 Å². The maximum absolute atomic E-state index is 11.4. The predicted octanol–water partition coefficient (Wildman–Crippen LogP) is 0.843. The number of carbonyl (C=O) groups excluding carboxylic acids is 1. The number of nitrogen functional groups attached to an aromatic ring is 1. The second-order valence-electron chi connectivity index (χ2n) is 4.14. The molecular formula is C13H19NO4. The molecule has 0 aliphatic heterocycles. The van der Waals surface area contributed by atoms with Crippen LogP contribution in [0.3, 0.4) is 0 Å². The fourth-order valence-corrected chi connectivity index (χ4v) is 1.71. The highest BCUT2D eigenvalue weighted by Gasteiger charge is 2.28. The van der Waals surface area contributed by atoms with Crippen LogP contribution in [-0.2, 0) is 9.53 Å². The van der Waals surface area contributed by atoms with Crippen LogP contribution in [0.2, 0.25) is 0 Å². The summed E-state index contributed by atoms with van der Waals surface area (Å²) in [6.45, 7) is 5.39. The maximum atomic E-state index is 11.4. The van der Waals surface area contributed by atoms with E-state index in [1.807, 2.05) is 6.92 Å². The summed E-state index contributed by atoms with van der Waals surface area (Å²) < 4.78 is 4.67. The molecule has 5 heteroatoms. The molecule has 2 unspecified atom stereocenters. The van der Waals surface area contributed by atoms with Gasteiger partial charge < -0.3 is 20.7 Å². The van der Waals surface area contributed by atoms with Gasteiger partial charge in [-0.05, 0) is 43.5 Å². The average molecular weight is 253 g/mol. The number of anilines is 1. The number of benzene rings is 1. The van der Waals surface area contributed by atoms with Crippen molar-refractivity contribution in [1.29, 1.82) is 0 Å². The minimum absolute atomic E-state index is 0.155. The summed E-state index contributed by atoms with van der Waals surface area (Å²) in [4.78, 5) is 11.4. The number of nitrogens with two attached hydrogens (primary N) is 1. The molecule has 1 aromatic rings. The third kappa shape index (κ3) is 2.80.